The molecule has 1 N–H and O–H groups in total. The summed E-state index contributed by atoms with van der Waals surface area (Å²) in [5.41, 5.74) is 0. The number of rotatable bonds is 2. The molecule has 60 valence electrons. The summed E-state index contributed by atoms with van der Waals surface area (Å²) in [5, 5.41) is 8.15. The molecule has 0 spiro atoms. The van der Waals surface area contributed by atoms with Crippen molar-refractivity contribution in [2.75, 3.05) is 0 Å². The third kappa shape index (κ3) is 5.08. The zero-order chi connectivity index (χ0) is 7.44. The average molecular weight is 148 g/mol. The van der Waals surface area contributed by atoms with Crippen LogP contribution in [0.4, 0.5) is 0 Å². The van der Waals surface area contributed by atoms with Crippen LogP contribution in [0.1, 0.15) is 21.3 Å². The van der Waals surface area contributed by atoms with Gasteiger partial charge in [0, 0.05) is 6.92 Å². The van der Waals surface area contributed by atoms with Gasteiger partial charge in [0.25, 0.3) is 0 Å². The summed E-state index contributed by atoms with van der Waals surface area (Å²) in [5.74, 6) is -1.71. The Bertz CT molecular complexity index is 130. The predicted octanol–water partition coefficient (Wildman–Crippen LogP) is 0.659. The summed E-state index contributed by atoms with van der Waals surface area (Å²) >= 11 is 0. The van der Waals surface area contributed by atoms with E-state index in [1.807, 2.05) is 0 Å². The number of carboxylic acid groups (broad SMARTS) is 1. The maximum Gasteiger partial charge on any atom is 0.344 e. The lowest BCUT2D eigenvalue weighted by atomic mass is 10.4. The van der Waals surface area contributed by atoms with Crippen LogP contribution < -0.4 is 0 Å². The Morgan fingerprint density at radius 3 is 2.00 bits per heavy atom. The Morgan fingerprint density at radius 1 is 1.50 bits per heavy atom. The van der Waals surface area contributed by atoms with E-state index in [1.54, 1.807) is 0 Å². The van der Waals surface area contributed by atoms with Gasteiger partial charge in [-0.3, -0.25) is 4.79 Å². The molecule has 0 aliphatic heterocycles. The van der Waals surface area contributed by atoms with E-state index < -0.39 is 18.0 Å². The summed E-state index contributed by atoms with van der Waals surface area (Å²) in [6.07, 6.45) is -1.04. The molecule has 1 unspecified atom stereocenters. The van der Waals surface area contributed by atoms with Crippen LogP contribution in [0.3, 0.4) is 0 Å². The molecule has 0 aliphatic carbocycles. The number of hydrogen-bond acceptors (Lipinski definition) is 3. The van der Waals surface area contributed by atoms with Crippen molar-refractivity contribution >= 4 is 11.9 Å². The van der Waals surface area contributed by atoms with Crippen LogP contribution in [0.2, 0.25) is 0 Å². The molecule has 0 saturated carbocycles. The van der Waals surface area contributed by atoms with Crippen molar-refractivity contribution < 1.29 is 19.4 Å². The van der Waals surface area contributed by atoms with Crippen molar-refractivity contribution in [2.45, 2.75) is 27.4 Å². The van der Waals surface area contributed by atoms with Gasteiger partial charge in [0.15, 0.2) is 6.10 Å². The molecule has 0 rings (SSSR count). The van der Waals surface area contributed by atoms with E-state index in [4.69, 9.17) is 5.11 Å². The van der Waals surface area contributed by atoms with E-state index in [0.29, 0.717) is 0 Å². The largest absolute Gasteiger partial charge is 0.479 e. The molecule has 0 radical (unpaired) electrons. The Kier molecular flexibility index (Phi) is 5.60. The van der Waals surface area contributed by atoms with Crippen molar-refractivity contribution in [2.24, 2.45) is 0 Å². The predicted molar refractivity (Wildman–Crippen MR) is 35.6 cm³/mol. The van der Waals surface area contributed by atoms with E-state index in [2.05, 4.69) is 4.74 Å². The summed E-state index contributed by atoms with van der Waals surface area (Å²) in [6.45, 7) is 2.46. The highest BCUT2D eigenvalue weighted by atomic mass is 16.6. The molecule has 0 aromatic rings. The maximum atomic E-state index is 10.1. The summed E-state index contributed by atoms with van der Waals surface area (Å²) in [6, 6.07) is 0. The minimum Gasteiger partial charge on any atom is -0.479 e. The molecule has 0 aromatic carbocycles. The van der Waals surface area contributed by atoms with Gasteiger partial charge in [0.05, 0.1) is 0 Å². The van der Waals surface area contributed by atoms with Crippen LogP contribution in [0, 0.1) is 0 Å². The molecule has 0 saturated heterocycles. The Hall–Kier alpha value is -1.06. The molecule has 0 aliphatic rings. The molecule has 4 nitrogen and oxygen atoms in total. The fourth-order valence-electron chi connectivity index (χ4n) is 0.299. The second-order valence-electron chi connectivity index (χ2n) is 1.59. The van der Waals surface area contributed by atoms with Gasteiger partial charge < -0.3 is 9.84 Å². The van der Waals surface area contributed by atoms with Gasteiger partial charge in [-0.05, 0) is 6.92 Å². The van der Waals surface area contributed by atoms with Gasteiger partial charge in [-0.15, -0.1) is 0 Å². The second kappa shape index (κ2) is 4.78. The van der Waals surface area contributed by atoms with E-state index in [1.165, 1.54) is 13.8 Å². The number of carbonyl (C=O) groups excluding carboxylic acids is 1. The minimum atomic E-state index is -1.13. The van der Waals surface area contributed by atoms with Crippen molar-refractivity contribution in [1.82, 2.24) is 0 Å². The van der Waals surface area contributed by atoms with Crippen LogP contribution in [-0.2, 0) is 14.3 Å². The number of carbonyl (C=O) groups is 2. The first-order chi connectivity index (χ1) is 4.04. The van der Waals surface area contributed by atoms with Crippen LogP contribution in [-0.4, -0.2) is 23.1 Å². The lowest BCUT2D eigenvalue weighted by Gasteiger charge is -2.04. The molecule has 0 aromatic heterocycles. The number of esters is 1. The van der Waals surface area contributed by atoms with Gasteiger partial charge in [0.1, 0.15) is 0 Å². The molecule has 4 heteroatoms. The van der Waals surface area contributed by atoms with E-state index in [-0.39, 0.29) is 7.43 Å². The van der Waals surface area contributed by atoms with Crippen molar-refractivity contribution in [1.29, 1.82) is 0 Å². The Labute approximate surface area is 59.8 Å². The van der Waals surface area contributed by atoms with Crippen molar-refractivity contribution in [3.05, 3.63) is 0 Å². The molecule has 0 fully saturated rings. The zero-order valence-corrected chi connectivity index (χ0v) is 5.25. The number of aliphatic carboxylic acids is 1. The Balaban J connectivity index is 0. The van der Waals surface area contributed by atoms with Crippen LogP contribution >= 0.6 is 0 Å². The molecule has 10 heavy (non-hydrogen) atoms. The maximum absolute atomic E-state index is 10.1. The first-order valence-corrected chi connectivity index (χ1v) is 2.44. The van der Waals surface area contributed by atoms with E-state index >= 15 is 0 Å². The molecular formula is C6H12O4. The highest BCUT2D eigenvalue weighted by Gasteiger charge is 2.12. The van der Waals surface area contributed by atoms with Gasteiger partial charge in [-0.25, -0.2) is 4.79 Å². The SMILES string of the molecule is C.CC(=O)OC(C)C(=O)O. The van der Waals surface area contributed by atoms with Crippen molar-refractivity contribution in [3.8, 4) is 0 Å². The smallest absolute Gasteiger partial charge is 0.344 e. The summed E-state index contributed by atoms with van der Waals surface area (Å²) in [4.78, 5) is 20.0. The molecule has 0 amide bonds. The number of hydrogen-bond donors (Lipinski definition) is 1. The molecular weight excluding hydrogens is 136 g/mol. The lowest BCUT2D eigenvalue weighted by Crippen LogP contribution is -2.21. The summed E-state index contributed by atoms with van der Waals surface area (Å²) < 4.78 is 4.27. The van der Waals surface area contributed by atoms with E-state index in [0.717, 1.165) is 0 Å². The minimum absolute atomic E-state index is 0. The summed E-state index contributed by atoms with van der Waals surface area (Å²) in [7, 11) is 0. The van der Waals surface area contributed by atoms with Gasteiger partial charge in [-0.1, -0.05) is 7.43 Å². The standard InChI is InChI=1S/C5H8O4.CH4/c1-3(5(7)8)9-4(2)6;/h3H,1-2H3,(H,7,8);1H4. The van der Waals surface area contributed by atoms with Gasteiger partial charge in [-0.2, -0.15) is 0 Å². The Morgan fingerprint density at radius 2 is 1.90 bits per heavy atom. The third-order valence-corrected chi connectivity index (χ3v) is 0.691. The fourth-order valence-corrected chi connectivity index (χ4v) is 0.299. The van der Waals surface area contributed by atoms with Gasteiger partial charge in [0.2, 0.25) is 0 Å². The van der Waals surface area contributed by atoms with E-state index in [9.17, 15) is 9.59 Å². The average Bonchev–Trinajstić information content (AvgIpc) is 1.63. The fraction of sp³-hybridized carbons (Fsp3) is 0.667. The topological polar surface area (TPSA) is 63.6 Å². The lowest BCUT2D eigenvalue weighted by molar-refractivity contribution is -0.161. The van der Waals surface area contributed by atoms with Crippen LogP contribution in [0.15, 0.2) is 0 Å². The first kappa shape index (κ1) is 11.7. The highest BCUT2D eigenvalue weighted by Crippen LogP contribution is 1.89. The highest BCUT2D eigenvalue weighted by molar-refractivity contribution is 5.76. The third-order valence-electron chi connectivity index (χ3n) is 0.691. The zero-order valence-electron chi connectivity index (χ0n) is 5.25. The second-order valence-corrected chi connectivity index (χ2v) is 1.59. The van der Waals surface area contributed by atoms with Crippen LogP contribution in [0.5, 0.6) is 0 Å². The van der Waals surface area contributed by atoms with Crippen molar-refractivity contribution in [3.63, 3.8) is 0 Å². The number of carboxylic acids is 1. The van der Waals surface area contributed by atoms with Gasteiger partial charge >= 0.3 is 11.9 Å². The normalized spacial score (nSPS) is 11.0. The number of ether oxygens (including phenoxy) is 1. The monoisotopic (exact) mass is 148 g/mol. The molecule has 0 heterocycles. The van der Waals surface area contributed by atoms with Crippen LogP contribution in [0.25, 0.3) is 0 Å². The molecule has 0 bridgehead atoms. The quantitative estimate of drug-likeness (QED) is 0.584. The molecule has 1 atom stereocenters. The first-order valence-electron chi connectivity index (χ1n) is 2.44.